The molecule has 0 spiro atoms. The van der Waals surface area contributed by atoms with Crippen LogP contribution in [0.3, 0.4) is 0 Å². The van der Waals surface area contributed by atoms with Crippen LogP contribution >= 0.6 is 12.2 Å². The summed E-state index contributed by atoms with van der Waals surface area (Å²) in [7, 11) is 2.18. The van der Waals surface area contributed by atoms with Gasteiger partial charge >= 0.3 is 0 Å². The first-order valence-corrected chi connectivity index (χ1v) is 8.63. The Bertz CT molecular complexity index is 930. The second kappa shape index (κ2) is 7.55. The Balaban J connectivity index is 1.66. The molecule has 4 nitrogen and oxygen atoms in total. The summed E-state index contributed by atoms with van der Waals surface area (Å²) in [5, 5.41) is 0.691. The first kappa shape index (κ1) is 16.6. The Labute approximate surface area is 146 Å². The van der Waals surface area contributed by atoms with Crippen LogP contribution in [0.4, 0.5) is 0 Å². The van der Waals surface area contributed by atoms with E-state index in [-0.39, 0.29) is 5.56 Å². The fraction of sp³-hybridized carbons (Fsp3) is 0.263. The number of nitrogens with one attached hydrogen (secondary N) is 2. The summed E-state index contributed by atoms with van der Waals surface area (Å²) < 4.78 is 2.17. The maximum Gasteiger partial charge on any atom is 0.262 e. The lowest BCUT2D eigenvalue weighted by Crippen LogP contribution is -3.07. The normalized spacial score (nSPS) is 12.4. The van der Waals surface area contributed by atoms with Crippen molar-refractivity contribution in [3.05, 3.63) is 75.3 Å². The molecule has 3 rings (SSSR count). The van der Waals surface area contributed by atoms with Gasteiger partial charge in [0.2, 0.25) is 0 Å². The maximum atomic E-state index is 12.6. The zero-order valence-corrected chi connectivity index (χ0v) is 14.6. The van der Waals surface area contributed by atoms with E-state index in [0.29, 0.717) is 16.7 Å². The second-order valence-corrected chi connectivity index (χ2v) is 6.54. The van der Waals surface area contributed by atoms with Crippen molar-refractivity contribution in [1.29, 1.82) is 0 Å². The third-order valence-electron chi connectivity index (χ3n) is 4.22. The van der Waals surface area contributed by atoms with Crippen LogP contribution in [0, 0.1) is 4.77 Å². The molecule has 1 aromatic heterocycles. The largest absolute Gasteiger partial charge is 0.334 e. The van der Waals surface area contributed by atoms with Crippen LogP contribution in [0.25, 0.3) is 10.9 Å². The number of hydrogen-bond acceptors (Lipinski definition) is 2. The summed E-state index contributed by atoms with van der Waals surface area (Å²) in [4.78, 5) is 17.2. The molecule has 1 heterocycles. The molecule has 2 N–H and O–H groups in total. The Morgan fingerprint density at radius 2 is 1.79 bits per heavy atom. The summed E-state index contributed by atoms with van der Waals surface area (Å²) >= 11 is 5.35. The summed E-state index contributed by atoms with van der Waals surface area (Å²) in [5.41, 5.74) is 2.13. The van der Waals surface area contributed by atoms with Gasteiger partial charge in [0.25, 0.3) is 5.56 Å². The second-order valence-electron chi connectivity index (χ2n) is 6.16. The van der Waals surface area contributed by atoms with E-state index >= 15 is 0 Å². The topological polar surface area (TPSA) is 42.2 Å². The molecule has 0 aliphatic rings. The van der Waals surface area contributed by atoms with E-state index in [4.69, 9.17) is 12.2 Å². The highest BCUT2D eigenvalue weighted by molar-refractivity contribution is 7.71. The van der Waals surface area contributed by atoms with Gasteiger partial charge in [-0.25, -0.2) is 0 Å². The number of fused-ring (bicyclic) bond motifs is 1. The molecule has 0 saturated carbocycles. The van der Waals surface area contributed by atoms with Crippen molar-refractivity contribution in [2.75, 3.05) is 13.6 Å². The molecule has 5 heteroatoms. The lowest BCUT2D eigenvalue weighted by Gasteiger charge is -2.14. The molecular weight excluding hydrogens is 318 g/mol. The number of aromatic nitrogens is 2. The van der Waals surface area contributed by atoms with E-state index in [1.807, 2.05) is 30.3 Å². The van der Waals surface area contributed by atoms with Crippen molar-refractivity contribution in [3.8, 4) is 0 Å². The number of benzene rings is 2. The highest BCUT2D eigenvalue weighted by Gasteiger charge is 2.07. The van der Waals surface area contributed by atoms with E-state index in [0.717, 1.165) is 25.0 Å². The zero-order valence-electron chi connectivity index (χ0n) is 13.8. The number of para-hydroxylation sites is 1. The van der Waals surface area contributed by atoms with Crippen LogP contribution in [0.1, 0.15) is 12.0 Å². The van der Waals surface area contributed by atoms with Crippen molar-refractivity contribution >= 4 is 23.1 Å². The Kier molecular flexibility index (Phi) is 5.23. The average Bonchev–Trinajstić information content (AvgIpc) is 2.59. The standard InChI is InChI=1S/C19H21N3OS/c1-21(14-15-8-3-2-4-9-15)12-7-13-22-18(23)16-10-5-6-11-17(16)20-19(22)24/h2-6,8-11H,7,12-14H2,1H3,(H,20,24)/p+1. The molecule has 0 radical (unpaired) electrons. The van der Waals surface area contributed by atoms with E-state index in [1.54, 1.807) is 4.57 Å². The molecule has 0 amide bonds. The van der Waals surface area contributed by atoms with Gasteiger partial charge in [0, 0.05) is 18.5 Å². The lowest BCUT2D eigenvalue weighted by molar-refractivity contribution is -0.894. The third kappa shape index (κ3) is 3.80. The molecule has 24 heavy (non-hydrogen) atoms. The van der Waals surface area contributed by atoms with Gasteiger partial charge in [-0.1, -0.05) is 42.5 Å². The predicted octanol–water partition coefficient (Wildman–Crippen LogP) is 2.16. The van der Waals surface area contributed by atoms with Gasteiger partial charge in [0.05, 0.1) is 24.5 Å². The van der Waals surface area contributed by atoms with Crippen molar-refractivity contribution in [3.63, 3.8) is 0 Å². The van der Waals surface area contributed by atoms with Crippen LogP contribution in [-0.4, -0.2) is 23.1 Å². The number of quaternary nitrogens is 1. The first-order chi connectivity index (χ1) is 11.6. The molecule has 0 aliphatic heterocycles. The molecule has 0 aliphatic carbocycles. The quantitative estimate of drug-likeness (QED) is 0.675. The minimum Gasteiger partial charge on any atom is -0.334 e. The lowest BCUT2D eigenvalue weighted by atomic mass is 10.2. The van der Waals surface area contributed by atoms with Gasteiger partial charge in [-0.3, -0.25) is 9.36 Å². The van der Waals surface area contributed by atoms with Gasteiger partial charge in [0.15, 0.2) is 4.77 Å². The number of nitrogens with zero attached hydrogens (tertiary/aromatic N) is 1. The van der Waals surface area contributed by atoms with Gasteiger partial charge in [-0.05, 0) is 24.4 Å². The smallest absolute Gasteiger partial charge is 0.262 e. The molecule has 0 bridgehead atoms. The molecule has 1 atom stereocenters. The summed E-state index contributed by atoms with van der Waals surface area (Å²) in [6.07, 6.45) is 0.911. The van der Waals surface area contributed by atoms with Crippen molar-refractivity contribution < 1.29 is 4.90 Å². The summed E-state index contributed by atoms with van der Waals surface area (Å²) in [6.45, 7) is 2.62. The number of hydrogen-bond donors (Lipinski definition) is 2. The highest BCUT2D eigenvalue weighted by atomic mass is 32.1. The van der Waals surface area contributed by atoms with Crippen molar-refractivity contribution in [1.82, 2.24) is 9.55 Å². The Hall–Kier alpha value is -2.24. The van der Waals surface area contributed by atoms with E-state index in [9.17, 15) is 4.79 Å². The van der Waals surface area contributed by atoms with Gasteiger partial charge in [-0.15, -0.1) is 0 Å². The molecule has 1 unspecified atom stereocenters. The molecule has 2 aromatic carbocycles. The van der Waals surface area contributed by atoms with Gasteiger partial charge in [0.1, 0.15) is 6.54 Å². The first-order valence-electron chi connectivity index (χ1n) is 8.22. The third-order valence-corrected chi connectivity index (χ3v) is 4.55. The SMILES string of the molecule is C[NH+](CCCn1c(=S)[nH]c2ccccc2c1=O)Cc1ccccc1. The minimum atomic E-state index is -0.00457. The summed E-state index contributed by atoms with van der Waals surface area (Å²) in [5.74, 6) is 0. The van der Waals surface area contributed by atoms with Crippen LogP contribution in [-0.2, 0) is 13.1 Å². The maximum absolute atomic E-state index is 12.6. The van der Waals surface area contributed by atoms with Crippen molar-refractivity contribution in [2.24, 2.45) is 0 Å². The van der Waals surface area contributed by atoms with Crippen LogP contribution < -0.4 is 10.5 Å². The van der Waals surface area contributed by atoms with Gasteiger partial charge < -0.3 is 9.88 Å². The molecule has 3 aromatic rings. The van der Waals surface area contributed by atoms with Crippen molar-refractivity contribution in [2.45, 2.75) is 19.5 Å². The monoisotopic (exact) mass is 340 g/mol. The number of aromatic amines is 1. The number of H-pyrrole nitrogens is 1. The average molecular weight is 340 g/mol. The number of rotatable bonds is 6. The Morgan fingerprint density at radius 1 is 1.08 bits per heavy atom. The van der Waals surface area contributed by atoms with Crippen LogP contribution in [0.15, 0.2) is 59.4 Å². The molecule has 0 fully saturated rings. The van der Waals surface area contributed by atoms with E-state index in [1.165, 1.54) is 10.5 Å². The minimum absolute atomic E-state index is 0.00457. The van der Waals surface area contributed by atoms with Crippen LogP contribution in [0.5, 0.6) is 0 Å². The fourth-order valence-corrected chi connectivity index (χ4v) is 3.26. The van der Waals surface area contributed by atoms with E-state index in [2.05, 4.69) is 36.3 Å². The summed E-state index contributed by atoms with van der Waals surface area (Å²) in [6, 6.07) is 18.0. The fourth-order valence-electron chi connectivity index (χ4n) is 2.97. The zero-order chi connectivity index (χ0) is 16.9. The molecule has 124 valence electrons. The Morgan fingerprint density at radius 3 is 2.58 bits per heavy atom. The molecular formula is C19H22N3OS+. The van der Waals surface area contributed by atoms with Crippen LogP contribution in [0.2, 0.25) is 0 Å². The van der Waals surface area contributed by atoms with E-state index < -0.39 is 0 Å². The molecule has 0 saturated heterocycles. The van der Waals surface area contributed by atoms with Gasteiger partial charge in [-0.2, -0.15) is 0 Å². The predicted molar refractivity (Wildman–Crippen MR) is 99.9 cm³/mol. The highest BCUT2D eigenvalue weighted by Crippen LogP contribution is 2.06.